The minimum atomic E-state index is 0.482. The highest BCUT2D eigenvalue weighted by molar-refractivity contribution is 4.95. The van der Waals surface area contributed by atoms with Crippen LogP contribution in [0.3, 0.4) is 0 Å². The van der Waals surface area contributed by atoms with E-state index in [-0.39, 0.29) is 0 Å². The maximum atomic E-state index is 3.99. The summed E-state index contributed by atoms with van der Waals surface area (Å²) in [6, 6.07) is 1.13. The number of nitrogens with one attached hydrogen (secondary N) is 2. The zero-order valence-electron chi connectivity index (χ0n) is 10.2. The Hall–Kier alpha value is -0.500. The van der Waals surface area contributed by atoms with Crippen LogP contribution in [0.2, 0.25) is 0 Å². The lowest BCUT2D eigenvalue weighted by atomic mass is 10.1. The molecule has 0 spiro atoms. The SMILES string of the molecule is C=C(CNC(CC)CCC)NC(C)C. The first-order chi connectivity index (χ1) is 6.60. The molecule has 0 saturated heterocycles. The fraction of sp³-hybridized carbons (Fsp3) is 0.833. The maximum Gasteiger partial charge on any atom is 0.0350 e. The van der Waals surface area contributed by atoms with Gasteiger partial charge in [-0.15, -0.1) is 0 Å². The van der Waals surface area contributed by atoms with Crippen molar-refractivity contribution in [1.29, 1.82) is 0 Å². The summed E-state index contributed by atoms with van der Waals surface area (Å²) in [6.45, 7) is 13.6. The molecule has 0 radical (unpaired) electrons. The van der Waals surface area contributed by atoms with Gasteiger partial charge in [-0.25, -0.2) is 0 Å². The summed E-state index contributed by atoms with van der Waals surface area (Å²) < 4.78 is 0. The highest BCUT2D eigenvalue weighted by atomic mass is 15.0. The van der Waals surface area contributed by atoms with Crippen molar-refractivity contribution in [3.8, 4) is 0 Å². The average molecular weight is 198 g/mol. The average Bonchev–Trinajstić information content (AvgIpc) is 2.11. The summed E-state index contributed by atoms with van der Waals surface area (Å²) >= 11 is 0. The summed E-state index contributed by atoms with van der Waals surface area (Å²) in [4.78, 5) is 0. The van der Waals surface area contributed by atoms with Gasteiger partial charge in [-0.2, -0.15) is 0 Å². The Morgan fingerprint density at radius 2 is 1.93 bits per heavy atom. The van der Waals surface area contributed by atoms with Gasteiger partial charge < -0.3 is 10.6 Å². The molecule has 1 unspecified atom stereocenters. The molecule has 0 heterocycles. The van der Waals surface area contributed by atoms with Gasteiger partial charge in [0.15, 0.2) is 0 Å². The Morgan fingerprint density at radius 1 is 1.29 bits per heavy atom. The van der Waals surface area contributed by atoms with E-state index in [2.05, 4.69) is 44.9 Å². The fourth-order valence-corrected chi connectivity index (χ4v) is 1.53. The van der Waals surface area contributed by atoms with Crippen LogP contribution in [0, 0.1) is 0 Å². The molecule has 1 atom stereocenters. The van der Waals surface area contributed by atoms with Gasteiger partial charge in [-0.05, 0) is 26.7 Å². The Labute approximate surface area is 89.2 Å². The van der Waals surface area contributed by atoms with Crippen molar-refractivity contribution in [2.75, 3.05) is 6.54 Å². The Kier molecular flexibility index (Phi) is 7.58. The van der Waals surface area contributed by atoms with Crippen molar-refractivity contribution in [3.63, 3.8) is 0 Å². The van der Waals surface area contributed by atoms with Gasteiger partial charge in [0.2, 0.25) is 0 Å². The number of rotatable bonds is 8. The highest BCUT2D eigenvalue weighted by Crippen LogP contribution is 2.01. The molecule has 2 N–H and O–H groups in total. The van der Waals surface area contributed by atoms with Crippen LogP contribution in [0.1, 0.15) is 47.0 Å². The lowest BCUT2D eigenvalue weighted by Crippen LogP contribution is -2.34. The minimum absolute atomic E-state index is 0.482. The maximum absolute atomic E-state index is 3.99. The Balaban J connectivity index is 3.62. The van der Waals surface area contributed by atoms with E-state index in [0.717, 1.165) is 12.2 Å². The first kappa shape index (κ1) is 13.5. The second-order valence-electron chi connectivity index (χ2n) is 4.18. The molecule has 2 nitrogen and oxygen atoms in total. The molecule has 0 bridgehead atoms. The van der Waals surface area contributed by atoms with Crippen LogP contribution in [-0.2, 0) is 0 Å². The van der Waals surface area contributed by atoms with Crippen LogP contribution >= 0.6 is 0 Å². The van der Waals surface area contributed by atoms with Crippen molar-refractivity contribution in [2.45, 2.75) is 59.0 Å². The third-order valence-corrected chi connectivity index (χ3v) is 2.23. The second kappa shape index (κ2) is 7.86. The third-order valence-electron chi connectivity index (χ3n) is 2.23. The van der Waals surface area contributed by atoms with E-state index in [1.165, 1.54) is 19.3 Å². The van der Waals surface area contributed by atoms with Crippen LogP contribution in [0.4, 0.5) is 0 Å². The second-order valence-corrected chi connectivity index (χ2v) is 4.18. The topological polar surface area (TPSA) is 24.1 Å². The summed E-state index contributed by atoms with van der Waals surface area (Å²) in [5, 5.41) is 6.82. The molecule has 84 valence electrons. The Morgan fingerprint density at radius 3 is 2.36 bits per heavy atom. The van der Waals surface area contributed by atoms with E-state index in [1.54, 1.807) is 0 Å². The van der Waals surface area contributed by atoms with E-state index < -0.39 is 0 Å². The standard InChI is InChI=1S/C12H26N2/c1-6-8-12(7-2)13-9-11(5)14-10(3)4/h10,12-14H,5-9H2,1-4H3. The Bertz CT molecular complexity index is 152. The van der Waals surface area contributed by atoms with Crippen LogP contribution in [0.25, 0.3) is 0 Å². The van der Waals surface area contributed by atoms with E-state index >= 15 is 0 Å². The molecule has 2 heteroatoms. The quantitative estimate of drug-likeness (QED) is 0.626. The van der Waals surface area contributed by atoms with Crippen LogP contribution in [0.15, 0.2) is 12.3 Å². The van der Waals surface area contributed by atoms with Crippen molar-refractivity contribution >= 4 is 0 Å². The van der Waals surface area contributed by atoms with E-state index in [0.29, 0.717) is 12.1 Å². The van der Waals surface area contributed by atoms with Crippen LogP contribution < -0.4 is 10.6 Å². The van der Waals surface area contributed by atoms with Gasteiger partial charge in [0.1, 0.15) is 0 Å². The molecule has 0 rings (SSSR count). The molecular weight excluding hydrogens is 172 g/mol. The van der Waals surface area contributed by atoms with Crippen molar-refractivity contribution in [2.24, 2.45) is 0 Å². The van der Waals surface area contributed by atoms with Crippen LogP contribution in [0.5, 0.6) is 0 Å². The molecular formula is C12H26N2. The van der Waals surface area contributed by atoms with Gasteiger partial charge in [-0.3, -0.25) is 0 Å². The molecule has 0 aliphatic heterocycles. The first-order valence-corrected chi connectivity index (χ1v) is 5.77. The molecule has 0 aromatic heterocycles. The monoisotopic (exact) mass is 198 g/mol. The molecule has 14 heavy (non-hydrogen) atoms. The van der Waals surface area contributed by atoms with Gasteiger partial charge >= 0.3 is 0 Å². The molecule has 0 saturated carbocycles. The summed E-state index contributed by atoms with van der Waals surface area (Å²) in [5.74, 6) is 0. The van der Waals surface area contributed by atoms with E-state index in [1.807, 2.05) is 0 Å². The van der Waals surface area contributed by atoms with Crippen LogP contribution in [-0.4, -0.2) is 18.6 Å². The van der Waals surface area contributed by atoms with Crippen molar-refractivity contribution < 1.29 is 0 Å². The molecule has 0 aromatic carbocycles. The van der Waals surface area contributed by atoms with Crippen molar-refractivity contribution in [1.82, 2.24) is 10.6 Å². The third kappa shape index (κ3) is 6.96. The summed E-state index contributed by atoms with van der Waals surface area (Å²) in [6.07, 6.45) is 3.70. The zero-order chi connectivity index (χ0) is 11.0. The number of hydrogen-bond acceptors (Lipinski definition) is 2. The first-order valence-electron chi connectivity index (χ1n) is 5.77. The fourth-order valence-electron chi connectivity index (χ4n) is 1.53. The predicted octanol–water partition coefficient (Wildman–Crippen LogP) is 2.67. The smallest absolute Gasteiger partial charge is 0.0350 e. The highest BCUT2D eigenvalue weighted by Gasteiger charge is 2.04. The predicted molar refractivity (Wildman–Crippen MR) is 64.4 cm³/mol. The van der Waals surface area contributed by atoms with Gasteiger partial charge in [0, 0.05) is 24.3 Å². The summed E-state index contributed by atoms with van der Waals surface area (Å²) in [7, 11) is 0. The van der Waals surface area contributed by atoms with Gasteiger partial charge in [0.25, 0.3) is 0 Å². The zero-order valence-corrected chi connectivity index (χ0v) is 10.2. The summed E-state index contributed by atoms with van der Waals surface area (Å²) in [5.41, 5.74) is 1.09. The molecule has 0 aliphatic carbocycles. The largest absolute Gasteiger partial charge is 0.386 e. The lowest BCUT2D eigenvalue weighted by molar-refractivity contribution is 0.471. The lowest BCUT2D eigenvalue weighted by Gasteiger charge is -2.19. The van der Waals surface area contributed by atoms with Crippen molar-refractivity contribution in [3.05, 3.63) is 12.3 Å². The molecule has 0 aromatic rings. The number of hydrogen-bond donors (Lipinski definition) is 2. The molecule has 0 fully saturated rings. The van der Waals surface area contributed by atoms with E-state index in [4.69, 9.17) is 0 Å². The molecule has 0 aliphatic rings. The van der Waals surface area contributed by atoms with Gasteiger partial charge in [0.05, 0.1) is 0 Å². The molecule has 0 amide bonds. The normalized spacial score (nSPS) is 12.9. The van der Waals surface area contributed by atoms with E-state index in [9.17, 15) is 0 Å². The minimum Gasteiger partial charge on any atom is -0.386 e. The van der Waals surface area contributed by atoms with Gasteiger partial charge in [-0.1, -0.05) is 26.8 Å².